The predicted octanol–water partition coefficient (Wildman–Crippen LogP) is 2.90. The minimum atomic E-state index is -0.0223. The number of benzene rings is 1. The minimum Gasteiger partial charge on any atom is -0.497 e. The molecule has 1 aromatic carbocycles. The van der Waals surface area contributed by atoms with E-state index in [1.807, 2.05) is 29.1 Å². The molecule has 4 rings (SSSR count). The molecule has 2 atom stereocenters. The van der Waals surface area contributed by atoms with Crippen LogP contribution in [0.15, 0.2) is 36.7 Å². The van der Waals surface area contributed by atoms with E-state index in [-0.39, 0.29) is 11.9 Å². The van der Waals surface area contributed by atoms with Crippen molar-refractivity contribution >= 4 is 5.91 Å². The average molecular weight is 311 g/mol. The van der Waals surface area contributed by atoms with Crippen LogP contribution in [0.25, 0.3) is 0 Å². The van der Waals surface area contributed by atoms with Crippen molar-refractivity contribution in [1.29, 1.82) is 0 Å². The smallest absolute Gasteiger partial charge is 0.254 e. The lowest BCUT2D eigenvalue weighted by Crippen LogP contribution is -2.26. The van der Waals surface area contributed by atoms with Gasteiger partial charge in [0.15, 0.2) is 0 Å². The molecule has 120 valence electrons. The highest BCUT2D eigenvalue weighted by Gasteiger charge is 2.40. The molecule has 2 saturated carbocycles. The van der Waals surface area contributed by atoms with Crippen molar-refractivity contribution in [1.82, 2.24) is 15.1 Å². The highest BCUT2D eigenvalue weighted by Crippen LogP contribution is 2.41. The van der Waals surface area contributed by atoms with Crippen LogP contribution in [-0.2, 0) is 0 Å². The molecule has 2 fully saturated rings. The second-order valence-electron chi connectivity index (χ2n) is 6.49. The Balaban J connectivity index is 1.37. The van der Waals surface area contributed by atoms with Gasteiger partial charge in [-0.1, -0.05) is 12.1 Å². The molecule has 1 amide bonds. The van der Waals surface area contributed by atoms with Crippen molar-refractivity contribution in [3.05, 3.63) is 47.8 Å². The van der Waals surface area contributed by atoms with Crippen LogP contribution in [-0.4, -0.2) is 28.8 Å². The topological polar surface area (TPSA) is 56.1 Å². The summed E-state index contributed by atoms with van der Waals surface area (Å²) < 4.78 is 7.20. The summed E-state index contributed by atoms with van der Waals surface area (Å²) in [5, 5.41) is 7.44. The molecule has 0 radical (unpaired) electrons. The standard InChI is InChI=1S/C18H21N3O2/c1-23-15-7-2-4-12(8-15)16-9-17(16)20-18(22)13-10-19-21(11-13)14-5-3-6-14/h2,4,7-8,10-11,14,16-17H,3,5-6,9H2,1H3,(H,20,22)/t16-,17+/m0/s1. The number of nitrogens with zero attached hydrogens (tertiary/aromatic N) is 2. The van der Waals surface area contributed by atoms with Crippen LogP contribution in [0.2, 0.25) is 0 Å². The number of hydrogen-bond acceptors (Lipinski definition) is 3. The van der Waals surface area contributed by atoms with Crippen molar-refractivity contribution < 1.29 is 9.53 Å². The van der Waals surface area contributed by atoms with Gasteiger partial charge in [0.1, 0.15) is 5.75 Å². The SMILES string of the molecule is COc1cccc([C@@H]2C[C@H]2NC(=O)c2cnn(C3CCC3)c2)c1. The molecule has 1 aromatic heterocycles. The van der Waals surface area contributed by atoms with E-state index in [9.17, 15) is 4.79 Å². The zero-order valence-corrected chi connectivity index (χ0v) is 13.2. The Hall–Kier alpha value is -2.30. The van der Waals surface area contributed by atoms with Crippen LogP contribution >= 0.6 is 0 Å². The van der Waals surface area contributed by atoms with Gasteiger partial charge in [-0.15, -0.1) is 0 Å². The van der Waals surface area contributed by atoms with Crippen molar-refractivity contribution in [2.45, 2.75) is 43.7 Å². The second-order valence-corrected chi connectivity index (χ2v) is 6.49. The quantitative estimate of drug-likeness (QED) is 0.923. The van der Waals surface area contributed by atoms with E-state index in [1.165, 1.54) is 24.8 Å². The largest absolute Gasteiger partial charge is 0.497 e. The number of amides is 1. The molecule has 0 spiro atoms. The summed E-state index contributed by atoms with van der Waals surface area (Å²) in [6.07, 6.45) is 8.14. The van der Waals surface area contributed by atoms with Gasteiger partial charge in [0.05, 0.1) is 24.9 Å². The third kappa shape index (κ3) is 2.83. The number of methoxy groups -OCH3 is 1. The van der Waals surface area contributed by atoms with E-state index < -0.39 is 0 Å². The van der Waals surface area contributed by atoms with E-state index in [4.69, 9.17) is 4.74 Å². The molecule has 1 heterocycles. The minimum absolute atomic E-state index is 0.0223. The number of rotatable bonds is 5. The number of aromatic nitrogens is 2. The number of carbonyl (C=O) groups is 1. The first-order chi connectivity index (χ1) is 11.2. The third-order valence-corrected chi connectivity index (χ3v) is 4.94. The predicted molar refractivity (Wildman–Crippen MR) is 86.7 cm³/mol. The summed E-state index contributed by atoms with van der Waals surface area (Å²) in [6, 6.07) is 8.77. The number of carbonyl (C=O) groups excluding carboxylic acids is 1. The van der Waals surface area contributed by atoms with Crippen LogP contribution in [0.3, 0.4) is 0 Å². The number of hydrogen-bond donors (Lipinski definition) is 1. The maximum atomic E-state index is 12.3. The van der Waals surface area contributed by atoms with Gasteiger partial charge in [0, 0.05) is 18.2 Å². The zero-order valence-electron chi connectivity index (χ0n) is 13.2. The molecular weight excluding hydrogens is 290 g/mol. The van der Waals surface area contributed by atoms with Crippen molar-refractivity contribution in [3.63, 3.8) is 0 Å². The number of nitrogens with one attached hydrogen (secondary N) is 1. The lowest BCUT2D eigenvalue weighted by molar-refractivity contribution is 0.0950. The molecule has 2 aliphatic carbocycles. The first-order valence-electron chi connectivity index (χ1n) is 8.23. The Labute approximate surface area is 135 Å². The second kappa shape index (κ2) is 5.72. The molecule has 0 unspecified atom stereocenters. The van der Waals surface area contributed by atoms with E-state index in [0.29, 0.717) is 17.5 Å². The fourth-order valence-corrected chi connectivity index (χ4v) is 3.15. The highest BCUT2D eigenvalue weighted by molar-refractivity contribution is 5.94. The normalized spacial score (nSPS) is 23.2. The maximum absolute atomic E-state index is 12.3. The molecule has 2 aromatic rings. The summed E-state index contributed by atoms with van der Waals surface area (Å²) in [5.74, 6) is 1.22. The molecule has 1 N–H and O–H groups in total. The Kier molecular flexibility index (Phi) is 3.56. The van der Waals surface area contributed by atoms with Gasteiger partial charge < -0.3 is 10.1 Å². The lowest BCUT2D eigenvalue weighted by Gasteiger charge is -2.25. The zero-order chi connectivity index (χ0) is 15.8. The lowest BCUT2D eigenvalue weighted by atomic mass is 9.93. The van der Waals surface area contributed by atoms with Crippen LogP contribution in [0.1, 0.15) is 53.6 Å². The van der Waals surface area contributed by atoms with E-state index in [2.05, 4.69) is 16.5 Å². The molecule has 0 bridgehead atoms. The first kappa shape index (κ1) is 14.3. The van der Waals surface area contributed by atoms with Gasteiger partial charge in [-0.25, -0.2) is 0 Å². The summed E-state index contributed by atoms with van der Waals surface area (Å²) in [5.41, 5.74) is 1.88. The van der Waals surface area contributed by atoms with Gasteiger partial charge in [0.2, 0.25) is 0 Å². The van der Waals surface area contributed by atoms with E-state index in [1.54, 1.807) is 13.3 Å². The summed E-state index contributed by atoms with van der Waals surface area (Å²) in [6.45, 7) is 0. The third-order valence-electron chi connectivity index (χ3n) is 4.94. The molecule has 2 aliphatic rings. The van der Waals surface area contributed by atoms with Gasteiger partial charge >= 0.3 is 0 Å². The van der Waals surface area contributed by atoms with E-state index in [0.717, 1.165) is 12.2 Å². The fraction of sp³-hybridized carbons (Fsp3) is 0.444. The fourth-order valence-electron chi connectivity index (χ4n) is 3.15. The summed E-state index contributed by atoms with van der Waals surface area (Å²) >= 11 is 0. The Morgan fingerprint density at radius 2 is 2.26 bits per heavy atom. The summed E-state index contributed by atoms with van der Waals surface area (Å²) in [7, 11) is 1.67. The van der Waals surface area contributed by atoms with Crippen LogP contribution in [0.5, 0.6) is 5.75 Å². The van der Waals surface area contributed by atoms with Gasteiger partial charge in [0.25, 0.3) is 5.91 Å². The Bertz CT molecular complexity index is 721. The van der Waals surface area contributed by atoms with Crippen LogP contribution < -0.4 is 10.1 Å². The molecule has 0 saturated heterocycles. The van der Waals surface area contributed by atoms with Gasteiger partial charge in [-0.3, -0.25) is 9.48 Å². The number of ether oxygens (including phenoxy) is 1. The van der Waals surface area contributed by atoms with Gasteiger partial charge in [-0.05, 0) is 43.4 Å². The van der Waals surface area contributed by atoms with E-state index >= 15 is 0 Å². The monoisotopic (exact) mass is 311 g/mol. The summed E-state index contributed by atoms with van der Waals surface area (Å²) in [4.78, 5) is 12.3. The van der Waals surface area contributed by atoms with Crippen LogP contribution in [0, 0.1) is 0 Å². The van der Waals surface area contributed by atoms with Crippen molar-refractivity contribution in [3.8, 4) is 5.75 Å². The highest BCUT2D eigenvalue weighted by atomic mass is 16.5. The molecule has 5 nitrogen and oxygen atoms in total. The van der Waals surface area contributed by atoms with Crippen molar-refractivity contribution in [2.24, 2.45) is 0 Å². The molecule has 5 heteroatoms. The molecule has 0 aliphatic heterocycles. The maximum Gasteiger partial charge on any atom is 0.254 e. The Morgan fingerprint density at radius 1 is 1.39 bits per heavy atom. The van der Waals surface area contributed by atoms with Gasteiger partial charge in [-0.2, -0.15) is 5.10 Å². The first-order valence-corrected chi connectivity index (χ1v) is 8.23. The average Bonchev–Trinajstić information content (AvgIpc) is 3.11. The van der Waals surface area contributed by atoms with Crippen LogP contribution in [0.4, 0.5) is 0 Å². The molecule has 23 heavy (non-hydrogen) atoms. The Morgan fingerprint density at radius 3 is 3.00 bits per heavy atom. The van der Waals surface area contributed by atoms with Crippen molar-refractivity contribution in [2.75, 3.05) is 7.11 Å². The molecular formula is C18H21N3O2.